The van der Waals surface area contributed by atoms with E-state index in [2.05, 4.69) is 0 Å². The maximum Gasteiger partial charge on any atom is 0.339 e. The van der Waals surface area contributed by atoms with Crippen molar-refractivity contribution >= 4 is 29.4 Å². The van der Waals surface area contributed by atoms with Crippen molar-refractivity contribution < 1.29 is 23.9 Å². The van der Waals surface area contributed by atoms with E-state index in [0.29, 0.717) is 24.3 Å². The van der Waals surface area contributed by atoms with Gasteiger partial charge in [-0.1, -0.05) is 30.3 Å². The minimum absolute atomic E-state index is 0.194. The highest BCUT2D eigenvalue weighted by molar-refractivity contribution is 6.19. The first kappa shape index (κ1) is 19.8. The number of imide groups is 1. The number of ether oxygens (including phenoxy) is 1. The molecule has 2 fully saturated rings. The van der Waals surface area contributed by atoms with Gasteiger partial charge >= 0.3 is 5.97 Å². The Kier molecular flexibility index (Phi) is 5.61. The van der Waals surface area contributed by atoms with E-state index in [1.54, 1.807) is 29.2 Å². The molecule has 30 heavy (non-hydrogen) atoms. The molecule has 3 amide bonds. The predicted molar refractivity (Wildman–Crippen MR) is 109 cm³/mol. The van der Waals surface area contributed by atoms with Gasteiger partial charge in [0, 0.05) is 31.5 Å². The molecule has 2 aromatic rings. The second-order valence-corrected chi connectivity index (χ2v) is 7.40. The third-order valence-electron chi connectivity index (χ3n) is 5.38. The fraction of sp³-hybridized carbons (Fsp3) is 0.304. The molecule has 4 rings (SSSR count). The van der Waals surface area contributed by atoms with Crippen molar-refractivity contribution in [1.82, 2.24) is 4.90 Å². The minimum Gasteiger partial charge on any atom is -0.444 e. The fourth-order valence-corrected chi connectivity index (χ4v) is 3.78. The van der Waals surface area contributed by atoms with Crippen LogP contribution in [0.5, 0.6) is 0 Å². The molecule has 7 nitrogen and oxygen atoms in total. The van der Waals surface area contributed by atoms with E-state index in [1.165, 1.54) is 24.3 Å². The van der Waals surface area contributed by atoms with Gasteiger partial charge in [-0.3, -0.25) is 19.3 Å². The lowest BCUT2D eigenvalue weighted by atomic mass is 10.1. The standard InChI is InChI=1S/C23H22N2O5/c26-19-12-13-20(27)25(19)18-10-8-17(9-11-18)23(29)30-21(16-6-2-1-3-7-16)22(28)24-14-4-5-15-24/h1-3,6-11,21H,4-5,12-15H2. The molecule has 1 unspecified atom stereocenters. The molecular formula is C23H22N2O5. The normalized spacial score (nSPS) is 17.3. The molecule has 0 N–H and O–H groups in total. The van der Waals surface area contributed by atoms with Gasteiger partial charge in [-0.05, 0) is 37.1 Å². The molecule has 0 spiro atoms. The fourth-order valence-electron chi connectivity index (χ4n) is 3.78. The van der Waals surface area contributed by atoms with Crippen molar-refractivity contribution in [2.75, 3.05) is 18.0 Å². The molecular weight excluding hydrogens is 384 g/mol. The topological polar surface area (TPSA) is 84.0 Å². The van der Waals surface area contributed by atoms with Gasteiger partial charge in [-0.25, -0.2) is 4.79 Å². The Morgan fingerprint density at radius 3 is 2.03 bits per heavy atom. The number of carbonyl (C=O) groups excluding carboxylic acids is 4. The number of carbonyl (C=O) groups is 4. The molecule has 0 radical (unpaired) electrons. The molecule has 7 heteroatoms. The Morgan fingerprint density at radius 1 is 0.833 bits per heavy atom. The zero-order valence-corrected chi connectivity index (χ0v) is 16.5. The summed E-state index contributed by atoms with van der Waals surface area (Å²) in [4.78, 5) is 52.4. The number of hydrogen-bond acceptors (Lipinski definition) is 5. The summed E-state index contributed by atoms with van der Waals surface area (Å²) in [5.74, 6) is -1.37. The SMILES string of the molecule is O=C(OC(C(=O)N1CCCC1)c1ccccc1)c1ccc(N2C(=O)CCC2=O)cc1. The summed E-state index contributed by atoms with van der Waals surface area (Å²) in [6.07, 6.45) is 1.26. The number of nitrogens with zero attached hydrogens (tertiary/aromatic N) is 2. The summed E-state index contributed by atoms with van der Waals surface area (Å²) in [5.41, 5.74) is 1.28. The minimum atomic E-state index is -1.02. The lowest BCUT2D eigenvalue weighted by molar-refractivity contribution is -0.140. The van der Waals surface area contributed by atoms with Gasteiger partial charge in [0.25, 0.3) is 5.91 Å². The van der Waals surface area contributed by atoms with Gasteiger partial charge in [0.2, 0.25) is 17.9 Å². The van der Waals surface area contributed by atoms with Gasteiger partial charge in [-0.2, -0.15) is 0 Å². The summed E-state index contributed by atoms with van der Waals surface area (Å²) >= 11 is 0. The van der Waals surface area contributed by atoms with Crippen LogP contribution in [0.2, 0.25) is 0 Å². The monoisotopic (exact) mass is 406 g/mol. The van der Waals surface area contributed by atoms with E-state index in [1.807, 2.05) is 6.07 Å². The number of hydrogen-bond donors (Lipinski definition) is 0. The van der Waals surface area contributed by atoms with Crippen LogP contribution in [-0.4, -0.2) is 41.7 Å². The molecule has 0 aliphatic carbocycles. The van der Waals surface area contributed by atoms with Crippen LogP contribution in [0.3, 0.4) is 0 Å². The Hall–Kier alpha value is -3.48. The van der Waals surface area contributed by atoms with Gasteiger partial charge in [0.15, 0.2) is 0 Å². The first-order valence-corrected chi connectivity index (χ1v) is 10.0. The van der Waals surface area contributed by atoms with Crippen LogP contribution < -0.4 is 4.90 Å². The van der Waals surface area contributed by atoms with E-state index in [-0.39, 0.29) is 36.1 Å². The molecule has 1 atom stereocenters. The van der Waals surface area contributed by atoms with Crippen LogP contribution in [-0.2, 0) is 19.1 Å². The molecule has 2 heterocycles. The largest absolute Gasteiger partial charge is 0.444 e. The number of rotatable bonds is 5. The van der Waals surface area contributed by atoms with Crippen molar-refractivity contribution in [3.63, 3.8) is 0 Å². The third-order valence-corrected chi connectivity index (χ3v) is 5.38. The smallest absolute Gasteiger partial charge is 0.339 e. The number of anilines is 1. The maximum atomic E-state index is 13.0. The summed E-state index contributed by atoms with van der Waals surface area (Å²) in [7, 11) is 0. The Morgan fingerprint density at radius 2 is 1.43 bits per heavy atom. The zero-order chi connectivity index (χ0) is 21.1. The number of esters is 1. The predicted octanol–water partition coefficient (Wildman–Crippen LogP) is 2.86. The molecule has 0 aromatic heterocycles. The number of likely N-dealkylation sites (tertiary alicyclic amines) is 1. The van der Waals surface area contributed by atoms with E-state index >= 15 is 0 Å². The molecule has 0 saturated carbocycles. The molecule has 2 aliphatic rings. The van der Waals surface area contributed by atoms with Crippen LogP contribution >= 0.6 is 0 Å². The van der Waals surface area contributed by atoms with Gasteiger partial charge in [0.1, 0.15) is 0 Å². The third kappa shape index (κ3) is 3.96. The highest BCUT2D eigenvalue weighted by Gasteiger charge is 2.32. The lowest BCUT2D eigenvalue weighted by Crippen LogP contribution is -2.34. The molecule has 2 aromatic carbocycles. The first-order chi connectivity index (χ1) is 14.5. The summed E-state index contributed by atoms with van der Waals surface area (Å²) in [6, 6.07) is 15.0. The number of amides is 3. The van der Waals surface area contributed by atoms with Crippen LogP contribution in [0.25, 0.3) is 0 Å². The zero-order valence-electron chi connectivity index (χ0n) is 16.5. The Labute approximate surface area is 174 Å². The molecule has 0 bridgehead atoms. The lowest BCUT2D eigenvalue weighted by Gasteiger charge is -2.23. The molecule has 2 aliphatic heterocycles. The average Bonchev–Trinajstić information content (AvgIpc) is 3.42. The quantitative estimate of drug-likeness (QED) is 0.563. The summed E-state index contributed by atoms with van der Waals surface area (Å²) in [6.45, 7) is 1.32. The van der Waals surface area contributed by atoms with Crippen molar-refractivity contribution in [2.24, 2.45) is 0 Å². The van der Waals surface area contributed by atoms with E-state index in [4.69, 9.17) is 4.74 Å². The Balaban J connectivity index is 1.53. The molecule has 2 saturated heterocycles. The van der Waals surface area contributed by atoms with E-state index in [9.17, 15) is 19.2 Å². The maximum absolute atomic E-state index is 13.0. The van der Waals surface area contributed by atoms with E-state index < -0.39 is 12.1 Å². The van der Waals surface area contributed by atoms with Crippen LogP contribution in [0.4, 0.5) is 5.69 Å². The molecule has 154 valence electrons. The van der Waals surface area contributed by atoms with Crippen LogP contribution in [0, 0.1) is 0 Å². The highest BCUT2D eigenvalue weighted by atomic mass is 16.5. The van der Waals surface area contributed by atoms with Gasteiger partial charge in [-0.15, -0.1) is 0 Å². The number of benzene rings is 2. The van der Waals surface area contributed by atoms with Crippen LogP contribution in [0.15, 0.2) is 54.6 Å². The van der Waals surface area contributed by atoms with Gasteiger partial charge in [0.05, 0.1) is 11.3 Å². The van der Waals surface area contributed by atoms with Gasteiger partial charge < -0.3 is 9.64 Å². The Bertz CT molecular complexity index is 949. The van der Waals surface area contributed by atoms with Crippen molar-refractivity contribution in [3.05, 3.63) is 65.7 Å². The summed E-state index contributed by atoms with van der Waals surface area (Å²) in [5, 5.41) is 0. The van der Waals surface area contributed by atoms with Crippen molar-refractivity contribution in [3.8, 4) is 0 Å². The van der Waals surface area contributed by atoms with Crippen molar-refractivity contribution in [1.29, 1.82) is 0 Å². The first-order valence-electron chi connectivity index (χ1n) is 10.0. The van der Waals surface area contributed by atoms with E-state index in [0.717, 1.165) is 17.7 Å². The average molecular weight is 406 g/mol. The van der Waals surface area contributed by atoms with Crippen LogP contribution in [0.1, 0.15) is 47.7 Å². The summed E-state index contributed by atoms with van der Waals surface area (Å²) < 4.78 is 5.63. The van der Waals surface area contributed by atoms with Crippen molar-refractivity contribution in [2.45, 2.75) is 31.8 Å². The highest BCUT2D eigenvalue weighted by Crippen LogP contribution is 2.26. The second-order valence-electron chi connectivity index (χ2n) is 7.40. The second kappa shape index (κ2) is 8.49.